The number of carbonyl (C=O) groups excluding carboxylic acids is 1. The Kier molecular flexibility index (Phi) is 3.65. The lowest BCUT2D eigenvalue weighted by atomic mass is 9.95. The van der Waals surface area contributed by atoms with Crippen molar-refractivity contribution in [1.82, 2.24) is 9.88 Å². The Morgan fingerprint density at radius 1 is 1.56 bits per heavy atom. The molecule has 0 radical (unpaired) electrons. The molecule has 0 saturated carbocycles. The Hall–Kier alpha value is -1.43. The van der Waals surface area contributed by atoms with Crippen LogP contribution < -0.4 is 0 Å². The van der Waals surface area contributed by atoms with Gasteiger partial charge < -0.3 is 10.0 Å². The van der Waals surface area contributed by atoms with Gasteiger partial charge in [0, 0.05) is 18.5 Å². The van der Waals surface area contributed by atoms with E-state index >= 15 is 0 Å². The van der Waals surface area contributed by atoms with Gasteiger partial charge in [0.2, 0.25) is 0 Å². The van der Waals surface area contributed by atoms with Gasteiger partial charge in [-0.3, -0.25) is 4.79 Å². The van der Waals surface area contributed by atoms with Gasteiger partial charge >= 0.3 is 5.97 Å². The van der Waals surface area contributed by atoms with E-state index in [1.54, 1.807) is 4.90 Å². The minimum atomic E-state index is -1.09. The van der Waals surface area contributed by atoms with E-state index < -0.39 is 5.97 Å². The predicted molar refractivity (Wildman–Crippen MR) is 67.9 cm³/mol. The van der Waals surface area contributed by atoms with Crippen molar-refractivity contribution >= 4 is 23.2 Å². The lowest BCUT2D eigenvalue weighted by Crippen LogP contribution is -2.29. The number of amides is 1. The number of likely N-dealkylation sites (tertiary alicyclic amines) is 1. The van der Waals surface area contributed by atoms with Gasteiger partial charge in [-0.15, -0.1) is 11.3 Å². The zero-order valence-electron chi connectivity index (χ0n) is 10.4. The topological polar surface area (TPSA) is 70.5 Å². The number of hydrogen-bond acceptors (Lipinski definition) is 4. The average Bonchev–Trinajstić information content (AvgIpc) is 2.97. The number of carboxylic acid groups (broad SMARTS) is 1. The molecule has 1 aromatic heterocycles. The van der Waals surface area contributed by atoms with E-state index in [1.165, 1.54) is 5.38 Å². The first-order chi connectivity index (χ1) is 8.49. The van der Waals surface area contributed by atoms with Gasteiger partial charge in [0.05, 0.1) is 0 Å². The molecule has 1 N–H and O–H groups in total. The van der Waals surface area contributed by atoms with Crippen molar-refractivity contribution < 1.29 is 14.7 Å². The minimum Gasteiger partial charge on any atom is -0.476 e. The van der Waals surface area contributed by atoms with Crippen LogP contribution in [-0.4, -0.2) is 40.0 Å². The lowest BCUT2D eigenvalue weighted by molar-refractivity contribution is 0.0691. The second-order valence-corrected chi connectivity index (χ2v) is 5.75. The molecule has 6 heteroatoms. The van der Waals surface area contributed by atoms with E-state index in [-0.39, 0.29) is 16.6 Å². The third-order valence-electron chi connectivity index (χ3n) is 3.36. The van der Waals surface area contributed by atoms with Crippen molar-refractivity contribution in [2.24, 2.45) is 11.8 Å². The van der Waals surface area contributed by atoms with E-state index in [4.69, 9.17) is 5.11 Å². The predicted octanol–water partition coefficient (Wildman–Crippen LogP) is 1.96. The van der Waals surface area contributed by atoms with Crippen LogP contribution >= 0.6 is 11.3 Å². The molecule has 1 aliphatic rings. The summed E-state index contributed by atoms with van der Waals surface area (Å²) in [6.45, 7) is 5.80. The van der Waals surface area contributed by atoms with Crippen LogP contribution in [0.3, 0.4) is 0 Å². The van der Waals surface area contributed by atoms with Crippen LogP contribution in [0, 0.1) is 11.8 Å². The number of aromatic nitrogens is 1. The second-order valence-electron chi connectivity index (χ2n) is 4.89. The van der Waals surface area contributed by atoms with E-state index in [0.29, 0.717) is 11.8 Å². The molecule has 5 nitrogen and oxygen atoms in total. The van der Waals surface area contributed by atoms with Gasteiger partial charge in [0.25, 0.3) is 5.91 Å². The molecule has 1 amide bonds. The molecule has 1 aliphatic heterocycles. The summed E-state index contributed by atoms with van der Waals surface area (Å²) in [4.78, 5) is 28.5. The summed E-state index contributed by atoms with van der Waals surface area (Å²) >= 11 is 1.10. The highest BCUT2D eigenvalue weighted by Crippen LogP contribution is 2.25. The molecule has 1 aromatic rings. The van der Waals surface area contributed by atoms with Crippen molar-refractivity contribution in [3.63, 3.8) is 0 Å². The Balaban J connectivity index is 2.05. The van der Waals surface area contributed by atoms with Gasteiger partial charge in [-0.05, 0) is 18.3 Å². The Labute approximate surface area is 109 Å². The molecular formula is C12H16N2O3S. The van der Waals surface area contributed by atoms with Crippen molar-refractivity contribution in [3.05, 3.63) is 16.1 Å². The second kappa shape index (κ2) is 5.06. The van der Waals surface area contributed by atoms with Crippen molar-refractivity contribution in [2.45, 2.75) is 20.3 Å². The third-order valence-corrected chi connectivity index (χ3v) is 4.19. The number of hydrogen-bond donors (Lipinski definition) is 1. The standard InChI is InChI=1S/C12H16N2O3S/c1-7(2)8-3-4-14(5-8)11(15)10-13-9(6-18-10)12(16)17/h6-8H,3-5H2,1-2H3,(H,16,17). The highest BCUT2D eigenvalue weighted by molar-refractivity contribution is 7.11. The van der Waals surface area contributed by atoms with Gasteiger partial charge in [0.1, 0.15) is 0 Å². The van der Waals surface area contributed by atoms with Crippen LogP contribution in [0.5, 0.6) is 0 Å². The fraction of sp³-hybridized carbons (Fsp3) is 0.583. The lowest BCUT2D eigenvalue weighted by Gasteiger charge is -2.16. The fourth-order valence-electron chi connectivity index (χ4n) is 2.12. The van der Waals surface area contributed by atoms with Crippen LogP contribution in [0.25, 0.3) is 0 Å². The molecule has 1 saturated heterocycles. The minimum absolute atomic E-state index is 0.0528. The molecule has 0 bridgehead atoms. The van der Waals surface area contributed by atoms with Gasteiger partial charge in [-0.1, -0.05) is 13.8 Å². The summed E-state index contributed by atoms with van der Waals surface area (Å²) in [6, 6.07) is 0. The normalized spacial score (nSPS) is 19.5. The van der Waals surface area contributed by atoms with Crippen LogP contribution in [0.1, 0.15) is 40.6 Å². The molecule has 2 heterocycles. The van der Waals surface area contributed by atoms with Crippen molar-refractivity contribution in [1.29, 1.82) is 0 Å². The SMILES string of the molecule is CC(C)C1CCN(C(=O)c2nc(C(=O)O)cs2)C1. The molecule has 0 spiro atoms. The largest absolute Gasteiger partial charge is 0.476 e. The van der Waals surface area contributed by atoms with E-state index in [9.17, 15) is 9.59 Å². The fourth-order valence-corrected chi connectivity index (χ4v) is 2.88. The van der Waals surface area contributed by atoms with E-state index in [0.717, 1.165) is 30.8 Å². The van der Waals surface area contributed by atoms with Gasteiger partial charge in [-0.25, -0.2) is 9.78 Å². The van der Waals surface area contributed by atoms with Crippen LogP contribution in [0.2, 0.25) is 0 Å². The molecule has 2 rings (SSSR count). The monoisotopic (exact) mass is 268 g/mol. The van der Waals surface area contributed by atoms with Crippen molar-refractivity contribution in [2.75, 3.05) is 13.1 Å². The van der Waals surface area contributed by atoms with Crippen LogP contribution in [-0.2, 0) is 0 Å². The van der Waals surface area contributed by atoms with Gasteiger partial charge in [0.15, 0.2) is 10.7 Å². The number of aromatic carboxylic acids is 1. The summed E-state index contributed by atoms with van der Waals surface area (Å²) in [5, 5.41) is 10.5. The molecular weight excluding hydrogens is 252 g/mol. The molecule has 0 aliphatic carbocycles. The van der Waals surface area contributed by atoms with Crippen molar-refractivity contribution in [3.8, 4) is 0 Å². The van der Waals surface area contributed by atoms with E-state index in [1.807, 2.05) is 0 Å². The zero-order valence-corrected chi connectivity index (χ0v) is 11.2. The summed E-state index contributed by atoms with van der Waals surface area (Å²) in [5.41, 5.74) is -0.0528. The van der Waals surface area contributed by atoms with Gasteiger partial charge in [-0.2, -0.15) is 0 Å². The van der Waals surface area contributed by atoms with Crippen LogP contribution in [0.15, 0.2) is 5.38 Å². The summed E-state index contributed by atoms with van der Waals surface area (Å²) in [5.74, 6) is -0.135. The van der Waals surface area contributed by atoms with Crippen LogP contribution in [0.4, 0.5) is 0 Å². The summed E-state index contributed by atoms with van der Waals surface area (Å²) in [6.07, 6.45) is 1.01. The first-order valence-electron chi connectivity index (χ1n) is 5.97. The number of carbonyl (C=O) groups is 2. The number of thiazole rings is 1. The molecule has 1 unspecified atom stereocenters. The quantitative estimate of drug-likeness (QED) is 0.909. The zero-order chi connectivity index (χ0) is 13.3. The Morgan fingerprint density at radius 3 is 2.78 bits per heavy atom. The third kappa shape index (κ3) is 2.53. The molecule has 1 atom stereocenters. The first kappa shape index (κ1) is 13.0. The number of nitrogens with zero attached hydrogens (tertiary/aromatic N) is 2. The Morgan fingerprint density at radius 2 is 2.28 bits per heavy atom. The maximum atomic E-state index is 12.1. The molecule has 1 fully saturated rings. The van der Waals surface area contributed by atoms with E-state index in [2.05, 4.69) is 18.8 Å². The molecule has 98 valence electrons. The number of rotatable bonds is 3. The molecule has 0 aromatic carbocycles. The maximum absolute atomic E-state index is 12.1. The molecule has 18 heavy (non-hydrogen) atoms. The number of carboxylic acids is 1. The maximum Gasteiger partial charge on any atom is 0.355 e. The summed E-state index contributed by atoms with van der Waals surface area (Å²) < 4.78 is 0. The highest BCUT2D eigenvalue weighted by Gasteiger charge is 2.30. The first-order valence-corrected chi connectivity index (χ1v) is 6.85. The Bertz CT molecular complexity index is 470. The highest BCUT2D eigenvalue weighted by atomic mass is 32.1. The summed E-state index contributed by atoms with van der Waals surface area (Å²) in [7, 11) is 0. The average molecular weight is 268 g/mol. The smallest absolute Gasteiger partial charge is 0.355 e.